The Morgan fingerprint density at radius 3 is 2.58 bits per heavy atom. The van der Waals surface area contributed by atoms with Crippen LogP contribution < -0.4 is 10.6 Å². The van der Waals surface area contributed by atoms with Crippen molar-refractivity contribution in [3.63, 3.8) is 0 Å². The number of carbonyl (C=O) groups excluding carboxylic acids is 2. The molecule has 0 radical (unpaired) electrons. The molecule has 19 heavy (non-hydrogen) atoms. The number of amides is 2. The van der Waals surface area contributed by atoms with Crippen molar-refractivity contribution >= 4 is 11.8 Å². The van der Waals surface area contributed by atoms with E-state index in [1.54, 1.807) is 0 Å². The largest absolute Gasteiger partial charge is 0.345 e. The van der Waals surface area contributed by atoms with Gasteiger partial charge in [0, 0.05) is 12.6 Å². The molecule has 0 aliphatic carbocycles. The van der Waals surface area contributed by atoms with Crippen molar-refractivity contribution in [2.75, 3.05) is 6.54 Å². The van der Waals surface area contributed by atoms with Gasteiger partial charge in [-0.3, -0.25) is 9.59 Å². The van der Waals surface area contributed by atoms with Crippen molar-refractivity contribution in [3.8, 4) is 0 Å². The molecule has 0 bridgehead atoms. The molecule has 0 fully saturated rings. The summed E-state index contributed by atoms with van der Waals surface area (Å²) in [5.74, 6) is -1.21. The van der Waals surface area contributed by atoms with Gasteiger partial charge >= 0.3 is 11.8 Å². The van der Waals surface area contributed by atoms with Gasteiger partial charge in [0.15, 0.2) is 0 Å². The fourth-order valence-electron chi connectivity index (χ4n) is 1.63. The smallest absolute Gasteiger partial charge is 0.309 e. The molecule has 2 amide bonds. The molecule has 0 aliphatic rings. The second-order valence-electron chi connectivity index (χ2n) is 4.40. The average Bonchev–Trinajstić information content (AvgIpc) is 2.43. The highest BCUT2D eigenvalue weighted by atomic mass is 16.2. The molecular formula is C15H20N2O2. The third kappa shape index (κ3) is 5.86. The summed E-state index contributed by atoms with van der Waals surface area (Å²) in [6.07, 6.45) is 3.20. The maximum absolute atomic E-state index is 11.5. The van der Waals surface area contributed by atoms with Gasteiger partial charge in [0.1, 0.15) is 0 Å². The molecule has 0 unspecified atom stereocenters. The summed E-state index contributed by atoms with van der Waals surface area (Å²) in [5.41, 5.74) is 1.22. The molecule has 2 N–H and O–H groups in total. The van der Waals surface area contributed by atoms with Crippen molar-refractivity contribution in [1.82, 2.24) is 10.6 Å². The first-order chi connectivity index (χ1) is 9.13. The van der Waals surface area contributed by atoms with Crippen LogP contribution in [-0.2, 0) is 16.0 Å². The lowest BCUT2D eigenvalue weighted by Crippen LogP contribution is -2.43. The predicted molar refractivity (Wildman–Crippen MR) is 75.6 cm³/mol. The summed E-state index contributed by atoms with van der Waals surface area (Å²) in [4.78, 5) is 22.9. The minimum Gasteiger partial charge on any atom is -0.345 e. The quantitative estimate of drug-likeness (QED) is 0.600. The first-order valence-electron chi connectivity index (χ1n) is 6.37. The molecule has 0 aliphatic heterocycles. The second-order valence-corrected chi connectivity index (χ2v) is 4.40. The molecule has 4 nitrogen and oxygen atoms in total. The highest BCUT2D eigenvalue weighted by Gasteiger charge is 2.14. The summed E-state index contributed by atoms with van der Waals surface area (Å²) >= 11 is 0. The number of nitrogens with one attached hydrogen (secondary N) is 2. The molecule has 0 saturated heterocycles. The minimum atomic E-state index is -0.619. The molecule has 4 heteroatoms. The molecule has 0 aromatic heterocycles. The van der Waals surface area contributed by atoms with E-state index in [0.29, 0.717) is 6.54 Å². The third-order valence-electron chi connectivity index (χ3n) is 2.70. The first-order valence-corrected chi connectivity index (χ1v) is 6.37. The molecule has 1 atom stereocenters. The number of aryl methyl sites for hydroxylation is 1. The van der Waals surface area contributed by atoms with Crippen LogP contribution >= 0.6 is 0 Å². The minimum absolute atomic E-state index is 0.0396. The lowest BCUT2D eigenvalue weighted by molar-refractivity contribution is -0.139. The highest BCUT2D eigenvalue weighted by Crippen LogP contribution is 2.04. The lowest BCUT2D eigenvalue weighted by Gasteiger charge is -2.13. The van der Waals surface area contributed by atoms with E-state index in [1.807, 2.05) is 37.3 Å². The van der Waals surface area contributed by atoms with E-state index in [9.17, 15) is 9.59 Å². The van der Waals surface area contributed by atoms with Gasteiger partial charge in [-0.2, -0.15) is 0 Å². The van der Waals surface area contributed by atoms with Crippen LogP contribution in [0.1, 0.15) is 18.9 Å². The van der Waals surface area contributed by atoms with Gasteiger partial charge in [0.2, 0.25) is 0 Å². The molecule has 102 valence electrons. The first kappa shape index (κ1) is 15.0. The van der Waals surface area contributed by atoms with E-state index < -0.39 is 11.8 Å². The van der Waals surface area contributed by atoms with Crippen LogP contribution in [0.15, 0.2) is 43.0 Å². The molecule has 1 rings (SSSR count). The van der Waals surface area contributed by atoms with E-state index >= 15 is 0 Å². The van der Waals surface area contributed by atoms with Crippen molar-refractivity contribution in [2.24, 2.45) is 0 Å². The van der Waals surface area contributed by atoms with E-state index in [4.69, 9.17) is 0 Å². The summed E-state index contributed by atoms with van der Waals surface area (Å²) in [7, 11) is 0. The van der Waals surface area contributed by atoms with E-state index in [1.165, 1.54) is 11.6 Å². The summed E-state index contributed by atoms with van der Waals surface area (Å²) in [6.45, 7) is 5.66. The number of benzene rings is 1. The SMILES string of the molecule is C=CCNC(=O)C(=O)N[C@H](C)CCc1ccccc1. The summed E-state index contributed by atoms with van der Waals surface area (Å²) in [6, 6.07) is 10.00. The highest BCUT2D eigenvalue weighted by molar-refractivity contribution is 6.35. The molecule has 0 spiro atoms. The van der Waals surface area contributed by atoms with Crippen LogP contribution in [0.3, 0.4) is 0 Å². The van der Waals surface area contributed by atoms with E-state index in [2.05, 4.69) is 17.2 Å². The van der Waals surface area contributed by atoms with E-state index in [0.717, 1.165) is 12.8 Å². The number of carbonyl (C=O) groups is 2. The molecule has 1 aromatic rings. The van der Waals surface area contributed by atoms with Crippen LogP contribution in [0.25, 0.3) is 0 Å². The van der Waals surface area contributed by atoms with Crippen molar-refractivity contribution in [1.29, 1.82) is 0 Å². The van der Waals surface area contributed by atoms with Gasteiger partial charge in [0.05, 0.1) is 0 Å². The molecule has 1 aromatic carbocycles. The fraction of sp³-hybridized carbons (Fsp3) is 0.333. The van der Waals surface area contributed by atoms with Gasteiger partial charge in [0.25, 0.3) is 0 Å². The fourth-order valence-corrected chi connectivity index (χ4v) is 1.63. The van der Waals surface area contributed by atoms with Crippen molar-refractivity contribution < 1.29 is 9.59 Å². The number of rotatable bonds is 6. The predicted octanol–water partition coefficient (Wildman–Crippen LogP) is 1.43. The van der Waals surface area contributed by atoms with Gasteiger partial charge in [-0.15, -0.1) is 6.58 Å². The summed E-state index contributed by atoms with van der Waals surface area (Å²) < 4.78 is 0. The van der Waals surface area contributed by atoms with Gasteiger partial charge in [-0.1, -0.05) is 36.4 Å². The topological polar surface area (TPSA) is 58.2 Å². The Kier molecular flexibility index (Phi) is 6.36. The standard InChI is InChI=1S/C15H20N2O2/c1-3-11-16-14(18)15(19)17-12(2)9-10-13-7-5-4-6-8-13/h3-8,12H,1,9-11H2,2H3,(H,16,18)(H,17,19)/t12-/m1/s1. The Labute approximate surface area is 113 Å². The monoisotopic (exact) mass is 260 g/mol. The van der Waals surface area contributed by atoms with E-state index in [-0.39, 0.29) is 6.04 Å². The number of hydrogen-bond donors (Lipinski definition) is 2. The maximum Gasteiger partial charge on any atom is 0.309 e. The zero-order valence-electron chi connectivity index (χ0n) is 11.2. The van der Waals surface area contributed by atoms with Crippen LogP contribution in [0.4, 0.5) is 0 Å². The van der Waals surface area contributed by atoms with Crippen molar-refractivity contribution in [2.45, 2.75) is 25.8 Å². The normalized spacial score (nSPS) is 11.4. The second kappa shape index (κ2) is 8.08. The Morgan fingerprint density at radius 2 is 1.95 bits per heavy atom. The lowest BCUT2D eigenvalue weighted by atomic mass is 10.1. The third-order valence-corrected chi connectivity index (χ3v) is 2.70. The Hall–Kier alpha value is -2.10. The Morgan fingerprint density at radius 1 is 1.26 bits per heavy atom. The van der Waals surface area contributed by atoms with Crippen molar-refractivity contribution in [3.05, 3.63) is 48.6 Å². The van der Waals surface area contributed by atoms with Crippen LogP contribution in [0, 0.1) is 0 Å². The Bertz CT molecular complexity index is 429. The zero-order valence-corrected chi connectivity index (χ0v) is 11.2. The molecular weight excluding hydrogens is 240 g/mol. The Balaban J connectivity index is 2.30. The molecule has 0 heterocycles. The van der Waals surface area contributed by atoms with Crippen LogP contribution in [-0.4, -0.2) is 24.4 Å². The summed E-state index contributed by atoms with van der Waals surface area (Å²) in [5, 5.41) is 5.12. The van der Waals surface area contributed by atoms with Crippen LogP contribution in [0.5, 0.6) is 0 Å². The maximum atomic E-state index is 11.5. The molecule has 0 saturated carbocycles. The van der Waals surface area contributed by atoms with Gasteiger partial charge in [-0.05, 0) is 25.3 Å². The number of hydrogen-bond acceptors (Lipinski definition) is 2. The average molecular weight is 260 g/mol. The zero-order chi connectivity index (χ0) is 14.1. The van der Waals surface area contributed by atoms with Gasteiger partial charge in [-0.25, -0.2) is 0 Å². The van der Waals surface area contributed by atoms with Crippen LogP contribution in [0.2, 0.25) is 0 Å². The van der Waals surface area contributed by atoms with Gasteiger partial charge < -0.3 is 10.6 Å².